The van der Waals surface area contributed by atoms with Crippen molar-refractivity contribution in [2.75, 3.05) is 19.6 Å². The third-order valence-corrected chi connectivity index (χ3v) is 4.15. The van der Waals surface area contributed by atoms with E-state index in [0.717, 1.165) is 31.9 Å². The first-order valence-electron chi connectivity index (χ1n) is 7.99. The summed E-state index contributed by atoms with van der Waals surface area (Å²) in [5.74, 6) is 0.853. The molecule has 1 aromatic heterocycles. The number of amides is 1. The van der Waals surface area contributed by atoms with Crippen molar-refractivity contribution in [1.29, 1.82) is 0 Å². The normalized spacial score (nSPS) is 12.8. The van der Waals surface area contributed by atoms with Gasteiger partial charge in [-0.2, -0.15) is 0 Å². The van der Waals surface area contributed by atoms with Crippen LogP contribution in [0.25, 0.3) is 0 Å². The maximum Gasteiger partial charge on any atom is 0.221 e. The quantitative estimate of drug-likeness (QED) is 0.482. The second kappa shape index (κ2) is 11.1. The maximum atomic E-state index is 11.7. The van der Waals surface area contributed by atoms with Gasteiger partial charge in [-0.05, 0) is 31.7 Å². The molecule has 1 heterocycles. The Labute approximate surface area is 137 Å². The van der Waals surface area contributed by atoms with Crippen molar-refractivity contribution < 1.29 is 4.79 Å². The lowest BCUT2D eigenvalue weighted by molar-refractivity contribution is -0.121. The van der Waals surface area contributed by atoms with Gasteiger partial charge in [0.05, 0.1) is 0 Å². The van der Waals surface area contributed by atoms with Crippen LogP contribution in [0.15, 0.2) is 22.5 Å². The van der Waals surface area contributed by atoms with Gasteiger partial charge in [-0.25, -0.2) is 0 Å². The largest absolute Gasteiger partial charge is 0.357 e. The fourth-order valence-corrected chi connectivity index (χ4v) is 2.52. The molecular formula is C16H28N4OS. The molecule has 0 aliphatic heterocycles. The van der Waals surface area contributed by atoms with Crippen molar-refractivity contribution >= 4 is 23.2 Å². The first-order valence-corrected chi connectivity index (χ1v) is 8.87. The van der Waals surface area contributed by atoms with Crippen LogP contribution in [-0.2, 0) is 11.2 Å². The summed E-state index contributed by atoms with van der Waals surface area (Å²) < 4.78 is 0. The van der Waals surface area contributed by atoms with Crippen molar-refractivity contribution in [3.8, 4) is 0 Å². The van der Waals surface area contributed by atoms with E-state index in [2.05, 4.69) is 45.4 Å². The maximum absolute atomic E-state index is 11.7. The van der Waals surface area contributed by atoms with Crippen molar-refractivity contribution in [3.05, 3.63) is 22.4 Å². The molecule has 0 aliphatic rings. The number of hydrogen-bond donors (Lipinski definition) is 3. The first-order chi connectivity index (χ1) is 10.7. The third kappa shape index (κ3) is 8.02. The molecule has 0 aliphatic carbocycles. The monoisotopic (exact) mass is 324 g/mol. The van der Waals surface area contributed by atoms with Gasteiger partial charge in [0.1, 0.15) is 0 Å². The van der Waals surface area contributed by atoms with E-state index in [9.17, 15) is 4.79 Å². The predicted octanol–water partition coefficient (Wildman–Crippen LogP) is 2.15. The zero-order valence-corrected chi connectivity index (χ0v) is 14.6. The number of hydrogen-bond acceptors (Lipinski definition) is 3. The van der Waals surface area contributed by atoms with Crippen LogP contribution in [0.5, 0.6) is 0 Å². The highest BCUT2D eigenvalue weighted by Crippen LogP contribution is 2.08. The molecule has 22 heavy (non-hydrogen) atoms. The minimum absolute atomic E-state index is 0.0799. The number of aliphatic imine (C=N–C) groups is 1. The molecule has 0 radical (unpaired) electrons. The number of carbonyl (C=O) groups excluding carboxylic acids is 1. The number of thiophene rings is 1. The summed E-state index contributed by atoms with van der Waals surface area (Å²) in [5, 5.41) is 11.4. The highest BCUT2D eigenvalue weighted by molar-refractivity contribution is 7.09. The number of nitrogens with one attached hydrogen (secondary N) is 3. The fraction of sp³-hybridized carbons (Fsp3) is 0.625. The van der Waals surface area contributed by atoms with Crippen LogP contribution in [0.3, 0.4) is 0 Å². The molecule has 0 saturated heterocycles. The van der Waals surface area contributed by atoms with E-state index in [-0.39, 0.29) is 11.9 Å². The minimum Gasteiger partial charge on any atom is -0.357 e. The zero-order valence-electron chi connectivity index (χ0n) is 13.8. The minimum atomic E-state index is 0.0799. The number of rotatable bonds is 9. The Kier molecular flexibility index (Phi) is 9.30. The molecule has 0 aromatic carbocycles. The molecule has 124 valence electrons. The third-order valence-electron chi connectivity index (χ3n) is 3.22. The Balaban J connectivity index is 2.29. The Morgan fingerprint density at radius 1 is 1.36 bits per heavy atom. The molecule has 0 saturated carbocycles. The van der Waals surface area contributed by atoms with E-state index in [1.807, 2.05) is 13.8 Å². The summed E-state index contributed by atoms with van der Waals surface area (Å²) in [4.78, 5) is 17.6. The fourth-order valence-electron chi connectivity index (χ4n) is 1.82. The van der Waals surface area contributed by atoms with Crippen LogP contribution in [-0.4, -0.2) is 37.5 Å². The smallest absolute Gasteiger partial charge is 0.221 e. The van der Waals surface area contributed by atoms with Crippen molar-refractivity contribution in [2.45, 2.75) is 46.1 Å². The lowest BCUT2D eigenvalue weighted by Gasteiger charge is -2.13. The standard InChI is InChI=1S/C16H28N4OS/c1-4-13(3)20-15(21)9-11-19-16(17-5-2)18-10-8-14-7-6-12-22-14/h6-7,12-13H,4-5,8-11H2,1-3H3,(H,20,21)(H2,17,18,19). The van der Waals surface area contributed by atoms with Crippen molar-refractivity contribution in [1.82, 2.24) is 16.0 Å². The molecule has 1 aromatic rings. The van der Waals surface area contributed by atoms with E-state index in [0.29, 0.717) is 13.0 Å². The van der Waals surface area contributed by atoms with Gasteiger partial charge in [-0.1, -0.05) is 13.0 Å². The van der Waals surface area contributed by atoms with Gasteiger partial charge >= 0.3 is 0 Å². The molecule has 3 N–H and O–H groups in total. The lowest BCUT2D eigenvalue weighted by atomic mass is 10.2. The highest BCUT2D eigenvalue weighted by Gasteiger charge is 2.05. The van der Waals surface area contributed by atoms with Crippen molar-refractivity contribution in [3.63, 3.8) is 0 Å². The average Bonchev–Trinajstić information content (AvgIpc) is 3.00. The predicted molar refractivity (Wildman–Crippen MR) is 94.5 cm³/mol. The van der Waals surface area contributed by atoms with Crippen LogP contribution in [0.1, 0.15) is 38.5 Å². The van der Waals surface area contributed by atoms with Gasteiger partial charge in [0, 0.05) is 43.4 Å². The van der Waals surface area contributed by atoms with Crippen LogP contribution in [0.4, 0.5) is 0 Å². The van der Waals surface area contributed by atoms with Crippen LogP contribution in [0.2, 0.25) is 0 Å². The van der Waals surface area contributed by atoms with Gasteiger partial charge in [-0.15, -0.1) is 11.3 Å². The molecule has 1 amide bonds. The van der Waals surface area contributed by atoms with Crippen LogP contribution in [0, 0.1) is 0 Å². The molecule has 5 nitrogen and oxygen atoms in total. The number of nitrogens with zero attached hydrogens (tertiary/aromatic N) is 1. The number of carbonyl (C=O) groups is 1. The topological polar surface area (TPSA) is 65.5 Å². The lowest BCUT2D eigenvalue weighted by Crippen LogP contribution is -2.40. The number of guanidine groups is 1. The highest BCUT2D eigenvalue weighted by atomic mass is 32.1. The molecule has 0 fully saturated rings. The Morgan fingerprint density at radius 3 is 2.82 bits per heavy atom. The van der Waals surface area contributed by atoms with Crippen LogP contribution >= 0.6 is 11.3 Å². The second-order valence-electron chi connectivity index (χ2n) is 5.14. The average molecular weight is 324 g/mol. The second-order valence-corrected chi connectivity index (χ2v) is 6.18. The first kappa shape index (κ1) is 18.5. The SMILES string of the molecule is CCNC(=NCCc1cccs1)NCCC(=O)NC(C)CC. The Hall–Kier alpha value is -1.56. The molecule has 1 atom stereocenters. The Morgan fingerprint density at radius 2 is 2.18 bits per heavy atom. The van der Waals surface area contributed by atoms with E-state index in [1.54, 1.807) is 11.3 Å². The molecule has 0 spiro atoms. The van der Waals surface area contributed by atoms with E-state index in [1.165, 1.54) is 4.88 Å². The van der Waals surface area contributed by atoms with Gasteiger partial charge in [-0.3, -0.25) is 9.79 Å². The summed E-state index contributed by atoms with van der Waals surface area (Å²) in [6, 6.07) is 4.42. The molecular weight excluding hydrogens is 296 g/mol. The van der Waals surface area contributed by atoms with E-state index in [4.69, 9.17) is 0 Å². The van der Waals surface area contributed by atoms with Crippen molar-refractivity contribution in [2.24, 2.45) is 4.99 Å². The zero-order chi connectivity index (χ0) is 16.2. The summed E-state index contributed by atoms with van der Waals surface area (Å²) in [7, 11) is 0. The molecule has 6 heteroatoms. The molecule has 0 bridgehead atoms. The van der Waals surface area contributed by atoms with Gasteiger partial charge < -0.3 is 16.0 Å². The van der Waals surface area contributed by atoms with E-state index < -0.39 is 0 Å². The molecule has 1 rings (SSSR count). The Bertz CT molecular complexity index is 445. The van der Waals surface area contributed by atoms with Gasteiger partial charge in [0.25, 0.3) is 0 Å². The molecule has 1 unspecified atom stereocenters. The van der Waals surface area contributed by atoms with E-state index >= 15 is 0 Å². The summed E-state index contributed by atoms with van der Waals surface area (Å²) >= 11 is 1.75. The summed E-state index contributed by atoms with van der Waals surface area (Å²) in [6.45, 7) is 8.26. The summed E-state index contributed by atoms with van der Waals surface area (Å²) in [6.07, 6.45) is 2.36. The van der Waals surface area contributed by atoms with Gasteiger partial charge in [0.2, 0.25) is 5.91 Å². The van der Waals surface area contributed by atoms with Gasteiger partial charge in [0.15, 0.2) is 5.96 Å². The van der Waals surface area contributed by atoms with Crippen LogP contribution < -0.4 is 16.0 Å². The summed E-state index contributed by atoms with van der Waals surface area (Å²) in [5.41, 5.74) is 0.